The molecule has 0 radical (unpaired) electrons. The van der Waals surface area contributed by atoms with Crippen molar-refractivity contribution in [1.82, 2.24) is 0 Å². The molecule has 0 amide bonds. The molecule has 0 atom stereocenters. The average Bonchev–Trinajstić information content (AvgIpc) is 3.22. The standard InChI is InChI=1S/C23H29N4O3S/c1-14(2)22-27(21(28)19(25)13-31-22)20-9-16(11-26-7-6-23(3,4)29)18(24)10-17(20)15-5-8-30-12-15/h5,8-14,29H,6-7,24-25H2,1-4H3/q+1. The van der Waals surface area contributed by atoms with E-state index in [1.807, 2.05) is 32.0 Å². The van der Waals surface area contributed by atoms with E-state index in [1.54, 1.807) is 42.5 Å². The van der Waals surface area contributed by atoms with Crippen LogP contribution >= 0.6 is 11.3 Å². The first-order valence-electron chi connectivity index (χ1n) is 10.1. The van der Waals surface area contributed by atoms with Crippen molar-refractivity contribution in [2.45, 2.75) is 45.6 Å². The topological polar surface area (TPSA) is 119 Å². The van der Waals surface area contributed by atoms with Crippen LogP contribution < -0.4 is 21.6 Å². The van der Waals surface area contributed by atoms with Crippen molar-refractivity contribution in [3.63, 3.8) is 0 Å². The number of rotatable bonds is 7. The summed E-state index contributed by atoms with van der Waals surface area (Å²) < 4.78 is 6.93. The number of nitrogen functional groups attached to an aromatic ring is 2. The molecule has 3 aromatic rings. The summed E-state index contributed by atoms with van der Waals surface area (Å²) in [6.07, 6.45) is 5.40. The summed E-state index contributed by atoms with van der Waals surface area (Å²) in [6.45, 7) is 8.02. The minimum atomic E-state index is -0.790. The third-order valence-electron chi connectivity index (χ3n) is 4.83. The largest absolute Gasteiger partial charge is 0.472 e. The summed E-state index contributed by atoms with van der Waals surface area (Å²) >= 11 is 1.44. The van der Waals surface area contributed by atoms with Gasteiger partial charge in [-0.15, -0.1) is 4.57 Å². The summed E-state index contributed by atoms with van der Waals surface area (Å²) in [6, 6.07) is 5.50. The molecule has 0 unspecified atom stereocenters. The summed E-state index contributed by atoms with van der Waals surface area (Å²) in [4.78, 5) is 17.5. The lowest BCUT2D eigenvalue weighted by Crippen LogP contribution is -2.51. The summed E-state index contributed by atoms with van der Waals surface area (Å²) in [7, 11) is 0. The van der Waals surface area contributed by atoms with Gasteiger partial charge in [0.1, 0.15) is 0 Å². The lowest BCUT2D eigenvalue weighted by molar-refractivity contribution is -0.615. The number of anilines is 2. The van der Waals surface area contributed by atoms with Crippen LogP contribution in [-0.4, -0.2) is 23.5 Å². The number of aromatic nitrogens is 1. The number of furan rings is 1. The Labute approximate surface area is 185 Å². The lowest BCUT2D eigenvalue weighted by Gasteiger charge is -2.14. The third-order valence-corrected chi connectivity index (χ3v) is 6.10. The van der Waals surface area contributed by atoms with Gasteiger partial charge >= 0.3 is 5.56 Å². The van der Waals surface area contributed by atoms with Gasteiger partial charge in [0.05, 0.1) is 23.7 Å². The Balaban J connectivity index is 2.20. The Kier molecular flexibility index (Phi) is 6.62. The summed E-state index contributed by atoms with van der Waals surface area (Å²) in [5, 5.41) is 12.4. The molecule has 0 aliphatic heterocycles. The Morgan fingerprint density at radius 3 is 2.65 bits per heavy atom. The maximum absolute atomic E-state index is 13.1. The highest BCUT2D eigenvalue weighted by Crippen LogP contribution is 2.30. The van der Waals surface area contributed by atoms with Crippen molar-refractivity contribution in [3.05, 3.63) is 57.0 Å². The number of hydrogen-bond donors (Lipinski definition) is 3. The van der Waals surface area contributed by atoms with E-state index in [4.69, 9.17) is 15.9 Å². The van der Waals surface area contributed by atoms with Gasteiger partial charge in [-0.2, -0.15) is 0 Å². The molecule has 0 aliphatic rings. The molecule has 0 bridgehead atoms. The average molecular weight is 442 g/mol. The smallest absolute Gasteiger partial charge is 0.442 e. The predicted octanol–water partition coefficient (Wildman–Crippen LogP) is 3.51. The van der Waals surface area contributed by atoms with Crippen LogP contribution in [0.1, 0.15) is 50.6 Å². The molecule has 3 rings (SSSR count). The first-order chi connectivity index (χ1) is 14.6. The molecule has 31 heavy (non-hydrogen) atoms. The van der Waals surface area contributed by atoms with Crippen LogP contribution in [-0.2, 0) is 0 Å². The van der Waals surface area contributed by atoms with Gasteiger partial charge in [0.25, 0.3) is 0 Å². The molecule has 2 heterocycles. The third kappa shape index (κ3) is 5.21. The van der Waals surface area contributed by atoms with Gasteiger partial charge in [-0.05, 0) is 32.4 Å². The molecule has 164 valence electrons. The maximum Gasteiger partial charge on any atom is 0.442 e. The van der Waals surface area contributed by atoms with E-state index in [1.165, 1.54) is 11.3 Å². The van der Waals surface area contributed by atoms with Crippen molar-refractivity contribution in [1.29, 1.82) is 0 Å². The fourth-order valence-corrected chi connectivity index (χ4v) is 4.05. The molecular weight excluding hydrogens is 412 g/mol. The molecule has 5 N–H and O–H groups in total. The fraction of sp³-hybridized carbons (Fsp3) is 0.348. The number of hydrogen-bond acceptors (Lipinski definition) is 7. The van der Waals surface area contributed by atoms with Gasteiger partial charge in [0, 0.05) is 46.9 Å². The zero-order chi connectivity index (χ0) is 22.8. The first-order valence-corrected chi connectivity index (χ1v) is 11.0. The van der Waals surface area contributed by atoms with Gasteiger partial charge < -0.3 is 21.0 Å². The molecule has 2 aromatic heterocycles. The molecule has 0 fully saturated rings. The highest BCUT2D eigenvalue weighted by Gasteiger charge is 2.28. The predicted molar refractivity (Wildman–Crippen MR) is 126 cm³/mol. The van der Waals surface area contributed by atoms with Crippen molar-refractivity contribution in [2.75, 3.05) is 18.0 Å². The highest BCUT2D eigenvalue weighted by molar-refractivity contribution is 7.09. The molecule has 1 aromatic carbocycles. The quantitative estimate of drug-likeness (QED) is 0.294. The minimum absolute atomic E-state index is 0.108. The van der Waals surface area contributed by atoms with Crippen LogP contribution in [0, 0.1) is 0 Å². The molecule has 0 saturated heterocycles. The van der Waals surface area contributed by atoms with E-state index in [9.17, 15) is 9.90 Å². The fourth-order valence-electron chi connectivity index (χ4n) is 3.15. The van der Waals surface area contributed by atoms with E-state index in [0.717, 1.165) is 16.1 Å². The molecule has 0 spiro atoms. The van der Waals surface area contributed by atoms with Crippen LogP contribution in [0.15, 0.2) is 50.3 Å². The Morgan fingerprint density at radius 2 is 2.03 bits per heavy atom. The van der Waals surface area contributed by atoms with Crippen molar-refractivity contribution in [2.24, 2.45) is 4.99 Å². The number of nitrogens with two attached hydrogens (primary N) is 2. The first kappa shape index (κ1) is 22.7. The SMILES string of the molecule is CC(C)c1scc(N)c(=O)[n+]1-c1cc(C=NCCC(C)(C)O)c(N)cc1-c1ccoc1. The van der Waals surface area contributed by atoms with Crippen molar-refractivity contribution in [3.8, 4) is 16.8 Å². The zero-order valence-electron chi connectivity index (χ0n) is 18.3. The van der Waals surface area contributed by atoms with Crippen LogP contribution in [0.3, 0.4) is 0 Å². The highest BCUT2D eigenvalue weighted by atomic mass is 32.1. The summed E-state index contributed by atoms with van der Waals surface area (Å²) in [5.74, 6) is 0.108. The normalized spacial score (nSPS) is 12.2. The zero-order valence-corrected chi connectivity index (χ0v) is 19.1. The molecule has 7 nitrogen and oxygen atoms in total. The number of benzene rings is 1. The van der Waals surface area contributed by atoms with Crippen molar-refractivity contribution < 1.29 is 14.1 Å². The number of aliphatic imine (C=N–C) groups is 1. The van der Waals surface area contributed by atoms with Crippen LogP contribution in [0.5, 0.6) is 0 Å². The second-order valence-corrected chi connectivity index (χ2v) is 9.32. The molecule has 0 saturated carbocycles. The minimum Gasteiger partial charge on any atom is -0.472 e. The molecular formula is C23H29N4O3S+. The monoisotopic (exact) mass is 441 g/mol. The van der Waals surface area contributed by atoms with Crippen LogP contribution in [0.4, 0.5) is 11.4 Å². The second-order valence-electron chi connectivity index (χ2n) is 8.43. The van der Waals surface area contributed by atoms with Gasteiger partial charge in [-0.25, -0.2) is 4.79 Å². The van der Waals surface area contributed by atoms with E-state index in [2.05, 4.69) is 4.99 Å². The molecule has 0 aliphatic carbocycles. The molecule has 8 heteroatoms. The van der Waals surface area contributed by atoms with Crippen LogP contribution in [0.25, 0.3) is 16.8 Å². The van der Waals surface area contributed by atoms with Gasteiger partial charge in [0.2, 0.25) is 10.7 Å². The van der Waals surface area contributed by atoms with E-state index in [-0.39, 0.29) is 17.2 Å². The number of aliphatic hydroxyl groups is 1. The number of nitrogens with zero attached hydrogens (tertiary/aromatic N) is 2. The Morgan fingerprint density at radius 1 is 1.29 bits per heavy atom. The van der Waals surface area contributed by atoms with Gasteiger partial charge in [-0.1, -0.05) is 25.2 Å². The summed E-state index contributed by atoms with van der Waals surface area (Å²) in [5.41, 5.74) is 14.9. The van der Waals surface area contributed by atoms with E-state index in [0.29, 0.717) is 29.9 Å². The lowest BCUT2D eigenvalue weighted by atomic mass is 10.0. The Hall–Kier alpha value is -2.97. The van der Waals surface area contributed by atoms with E-state index >= 15 is 0 Å². The van der Waals surface area contributed by atoms with Gasteiger partial charge in [0.15, 0.2) is 5.69 Å². The van der Waals surface area contributed by atoms with Crippen molar-refractivity contribution >= 4 is 28.9 Å². The van der Waals surface area contributed by atoms with E-state index < -0.39 is 5.60 Å². The maximum atomic E-state index is 13.1. The Bertz CT molecular complexity index is 1140. The van der Waals surface area contributed by atoms with Gasteiger partial charge in [-0.3, -0.25) is 4.99 Å². The second kappa shape index (κ2) is 9.03. The van der Waals surface area contributed by atoms with Crippen LogP contribution in [0.2, 0.25) is 0 Å².